The van der Waals surface area contributed by atoms with Gasteiger partial charge in [0.15, 0.2) is 0 Å². The lowest BCUT2D eigenvalue weighted by atomic mass is 10.1. The summed E-state index contributed by atoms with van der Waals surface area (Å²) < 4.78 is 11.5. The fourth-order valence-electron chi connectivity index (χ4n) is 3.08. The molecule has 1 aromatic rings. The van der Waals surface area contributed by atoms with Crippen LogP contribution in [0.4, 0.5) is 0 Å². The van der Waals surface area contributed by atoms with Gasteiger partial charge in [-0.1, -0.05) is 17.3 Å². The van der Waals surface area contributed by atoms with Crippen molar-refractivity contribution in [1.29, 1.82) is 0 Å². The molecule has 1 N–H and O–H groups in total. The summed E-state index contributed by atoms with van der Waals surface area (Å²) in [6, 6.07) is 5.96. The molecule has 20 heavy (non-hydrogen) atoms. The molecule has 0 spiro atoms. The average molecular weight is 275 g/mol. The van der Waals surface area contributed by atoms with Gasteiger partial charge in [-0.25, -0.2) is 0 Å². The molecule has 4 nitrogen and oxygen atoms in total. The Morgan fingerprint density at radius 3 is 3.10 bits per heavy atom. The minimum absolute atomic E-state index is 0.438. The van der Waals surface area contributed by atoms with Gasteiger partial charge in [-0.05, 0) is 44.6 Å². The first-order valence-corrected chi connectivity index (χ1v) is 7.46. The van der Waals surface area contributed by atoms with Crippen LogP contribution in [-0.2, 0) is 11.2 Å². The molecule has 1 heterocycles. The number of fused-ring (bicyclic) bond motifs is 1. The zero-order valence-electron chi connectivity index (χ0n) is 11.7. The van der Waals surface area contributed by atoms with Gasteiger partial charge in [0.2, 0.25) is 0 Å². The van der Waals surface area contributed by atoms with Gasteiger partial charge in [0.05, 0.1) is 18.4 Å². The average Bonchev–Trinajstić information content (AvgIpc) is 3.12. The second kappa shape index (κ2) is 6.27. The summed E-state index contributed by atoms with van der Waals surface area (Å²) in [4.78, 5) is 0. The molecular formula is C16H21NO3. The second-order valence-electron chi connectivity index (χ2n) is 5.45. The Morgan fingerprint density at radius 1 is 1.35 bits per heavy atom. The fourth-order valence-corrected chi connectivity index (χ4v) is 3.08. The van der Waals surface area contributed by atoms with Crippen LogP contribution in [0.3, 0.4) is 0 Å². The largest absolute Gasteiger partial charge is 0.493 e. The van der Waals surface area contributed by atoms with Crippen molar-refractivity contribution in [3.05, 3.63) is 29.3 Å². The van der Waals surface area contributed by atoms with Crippen LogP contribution in [-0.4, -0.2) is 30.2 Å². The third-order valence-corrected chi connectivity index (χ3v) is 4.13. The van der Waals surface area contributed by atoms with Crippen LogP contribution in [0.2, 0.25) is 0 Å². The lowest BCUT2D eigenvalue weighted by Crippen LogP contribution is -2.08. The SMILES string of the molecule is ON=C1CCc2c(OCCCC3CCCO3)cccc21. The maximum absolute atomic E-state index is 8.97. The van der Waals surface area contributed by atoms with Gasteiger partial charge < -0.3 is 14.7 Å². The topological polar surface area (TPSA) is 51.1 Å². The van der Waals surface area contributed by atoms with Gasteiger partial charge >= 0.3 is 0 Å². The predicted molar refractivity (Wildman–Crippen MR) is 76.8 cm³/mol. The van der Waals surface area contributed by atoms with Gasteiger partial charge in [-0.15, -0.1) is 0 Å². The number of nitrogens with zero attached hydrogens (tertiary/aromatic N) is 1. The summed E-state index contributed by atoms with van der Waals surface area (Å²) in [5, 5.41) is 12.3. The smallest absolute Gasteiger partial charge is 0.123 e. The third-order valence-electron chi connectivity index (χ3n) is 4.13. The highest BCUT2D eigenvalue weighted by molar-refractivity contribution is 6.04. The maximum atomic E-state index is 8.97. The quantitative estimate of drug-likeness (QED) is 0.510. The van der Waals surface area contributed by atoms with E-state index in [4.69, 9.17) is 14.7 Å². The van der Waals surface area contributed by atoms with Gasteiger partial charge in [0, 0.05) is 17.7 Å². The van der Waals surface area contributed by atoms with Crippen LogP contribution < -0.4 is 4.74 Å². The lowest BCUT2D eigenvalue weighted by Gasteiger charge is -2.12. The third kappa shape index (κ3) is 2.80. The summed E-state index contributed by atoms with van der Waals surface area (Å²) in [6.45, 7) is 1.64. The lowest BCUT2D eigenvalue weighted by molar-refractivity contribution is 0.0981. The van der Waals surface area contributed by atoms with E-state index < -0.39 is 0 Å². The molecule has 3 rings (SSSR count). The molecule has 1 aliphatic heterocycles. The highest BCUT2D eigenvalue weighted by atomic mass is 16.5. The number of ether oxygens (including phenoxy) is 2. The first-order valence-electron chi connectivity index (χ1n) is 7.46. The molecule has 1 unspecified atom stereocenters. The minimum atomic E-state index is 0.438. The van der Waals surface area contributed by atoms with Gasteiger partial charge in [-0.3, -0.25) is 0 Å². The molecule has 108 valence electrons. The molecule has 0 amide bonds. The number of oxime groups is 1. The molecule has 0 saturated carbocycles. The molecule has 1 aliphatic carbocycles. The van der Waals surface area contributed by atoms with Gasteiger partial charge in [-0.2, -0.15) is 0 Å². The monoisotopic (exact) mass is 275 g/mol. The van der Waals surface area contributed by atoms with E-state index in [2.05, 4.69) is 5.16 Å². The Kier molecular flexibility index (Phi) is 4.21. The highest BCUT2D eigenvalue weighted by Gasteiger charge is 2.21. The van der Waals surface area contributed by atoms with Gasteiger partial charge in [0.25, 0.3) is 0 Å². The Balaban J connectivity index is 1.54. The Morgan fingerprint density at radius 2 is 2.30 bits per heavy atom. The van der Waals surface area contributed by atoms with Crippen molar-refractivity contribution in [3.8, 4) is 5.75 Å². The molecule has 1 atom stereocenters. The number of hydrogen-bond acceptors (Lipinski definition) is 4. The van der Waals surface area contributed by atoms with Crippen LogP contribution in [0.25, 0.3) is 0 Å². The predicted octanol–water partition coefficient (Wildman–Crippen LogP) is 3.15. The summed E-state index contributed by atoms with van der Waals surface area (Å²) in [6.07, 6.45) is 6.62. The molecule has 1 fully saturated rings. The van der Waals surface area contributed by atoms with E-state index in [1.807, 2.05) is 18.2 Å². The van der Waals surface area contributed by atoms with Crippen molar-refractivity contribution >= 4 is 5.71 Å². The van der Waals surface area contributed by atoms with E-state index in [0.29, 0.717) is 6.10 Å². The van der Waals surface area contributed by atoms with E-state index in [0.717, 1.165) is 55.9 Å². The van der Waals surface area contributed by atoms with Crippen molar-refractivity contribution < 1.29 is 14.7 Å². The number of benzene rings is 1. The molecule has 0 aromatic heterocycles. The van der Waals surface area contributed by atoms with Crippen molar-refractivity contribution in [2.45, 2.75) is 44.6 Å². The summed E-state index contributed by atoms with van der Waals surface area (Å²) in [7, 11) is 0. The van der Waals surface area contributed by atoms with Gasteiger partial charge in [0.1, 0.15) is 5.75 Å². The van der Waals surface area contributed by atoms with Crippen molar-refractivity contribution in [1.82, 2.24) is 0 Å². The molecule has 0 radical (unpaired) electrons. The first-order chi connectivity index (χ1) is 9.88. The summed E-state index contributed by atoms with van der Waals surface area (Å²) in [5.74, 6) is 0.938. The molecular weight excluding hydrogens is 254 g/mol. The van der Waals surface area contributed by atoms with E-state index in [1.54, 1.807) is 0 Å². The second-order valence-corrected chi connectivity index (χ2v) is 5.45. The van der Waals surface area contributed by atoms with E-state index in [-0.39, 0.29) is 0 Å². The van der Waals surface area contributed by atoms with Crippen molar-refractivity contribution in [2.75, 3.05) is 13.2 Å². The molecule has 1 saturated heterocycles. The Hall–Kier alpha value is -1.55. The maximum Gasteiger partial charge on any atom is 0.123 e. The number of rotatable bonds is 5. The number of hydrogen-bond donors (Lipinski definition) is 1. The molecule has 2 aliphatic rings. The molecule has 1 aromatic carbocycles. The van der Waals surface area contributed by atoms with Crippen LogP contribution in [0.15, 0.2) is 23.4 Å². The first kappa shape index (κ1) is 13.4. The van der Waals surface area contributed by atoms with Crippen molar-refractivity contribution in [2.24, 2.45) is 5.16 Å². The van der Waals surface area contributed by atoms with Crippen LogP contribution >= 0.6 is 0 Å². The normalized spacial score (nSPS) is 23.2. The van der Waals surface area contributed by atoms with E-state index in [9.17, 15) is 0 Å². The summed E-state index contributed by atoms with van der Waals surface area (Å²) >= 11 is 0. The van der Waals surface area contributed by atoms with E-state index in [1.165, 1.54) is 18.4 Å². The summed E-state index contributed by atoms with van der Waals surface area (Å²) in [5.41, 5.74) is 2.98. The minimum Gasteiger partial charge on any atom is -0.493 e. The Bertz CT molecular complexity index is 492. The zero-order chi connectivity index (χ0) is 13.8. The van der Waals surface area contributed by atoms with E-state index >= 15 is 0 Å². The molecule has 4 heteroatoms. The fraction of sp³-hybridized carbons (Fsp3) is 0.562. The Labute approximate surface area is 119 Å². The van der Waals surface area contributed by atoms with Crippen LogP contribution in [0.1, 0.15) is 43.2 Å². The zero-order valence-corrected chi connectivity index (χ0v) is 11.7. The highest BCUT2D eigenvalue weighted by Crippen LogP contribution is 2.31. The molecule has 0 bridgehead atoms. The van der Waals surface area contributed by atoms with Crippen LogP contribution in [0.5, 0.6) is 5.75 Å². The van der Waals surface area contributed by atoms with Crippen LogP contribution in [0, 0.1) is 0 Å². The van der Waals surface area contributed by atoms with Crippen molar-refractivity contribution in [3.63, 3.8) is 0 Å². The standard InChI is InChI=1S/C16H21NO3/c18-17-15-9-8-14-13(15)6-1-7-16(14)20-11-3-5-12-4-2-10-19-12/h1,6-7,12,18H,2-5,8-11H2.